The van der Waals surface area contributed by atoms with E-state index >= 15 is 0 Å². The molecule has 0 amide bonds. The second-order valence-corrected chi connectivity index (χ2v) is 3.03. The van der Waals surface area contributed by atoms with E-state index in [0.29, 0.717) is 26.3 Å². The Morgan fingerprint density at radius 2 is 1.60 bits per heavy atom. The van der Waals surface area contributed by atoms with Crippen molar-refractivity contribution >= 4 is 0 Å². The van der Waals surface area contributed by atoms with Gasteiger partial charge in [-0.2, -0.15) is 13.2 Å². The molecule has 0 atom stereocenters. The van der Waals surface area contributed by atoms with Gasteiger partial charge in [0.15, 0.2) is 0 Å². The van der Waals surface area contributed by atoms with E-state index in [-0.39, 0.29) is 6.61 Å². The lowest BCUT2D eigenvalue weighted by Crippen LogP contribution is -2.26. The molecular formula is C9H18F3NO2. The highest BCUT2D eigenvalue weighted by Gasteiger charge is 2.27. The Kier molecular flexibility index (Phi) is 8.74. The van der Waals surface area contributed by atoms with Crippen LogP contribution in [0.1, 0.15) is 13.3 Å². The average Bonchev–Trinajstić information content (AvgIpc) is 2.14. The smallest absolute Gasteiger partial charge is 0.380 e. The summed E-state index contributed by atoms with van der Waals surface area (Å²) in [6.07, 6.45) is -3.26. The fraction of sp³-hybridized carbons (Fsp3) is 1.00. The number of rotatable bonds is 9. The van der Waals surface area contributed by atoms with Crippen LogP contribution < -0.4 is 5.32 Å². The third-order valence-electron chi connectivity index (χ3n) is 1.46. The van der Waals surface area contributed by atoms with Gasteiger partial charge in [0.1, 0.15) is 6.61 Å². The highest BCUT2D eigenvalue weighted by molar-refractivity contribution is 4.48. The van der Waals surface area contributed by atoms with Gasteiger partial charge in [-0.15, -0.1) is 0 Å². The Hall–Kier alpha value is -0.330. The van der Waals surface area contributed by atoms with Gasteiger partial charge in [-0.05, 0) is 6.42 Å². The van der Waals surface area contributed by atoms with Gasteiger partial charge in [0.05, 0.1) is 13.2 Å². The molecule has 0 heterocycles. The van der Waals surface area contributed by atoms with Crippen molar-refractivity contribution in [2.45, 2.75) is 19.5 Å². The summed E-state index contributed by atoms with van der Waals surface area (Å²) in [7, 11) is 0. The van der Waals surface area contributed by atoms with Gasteiger partial charge in [0, 0.05) is 19.7 Å². The zero-order valence-electron chi connectivity index (χ0n) is 8.90. The van der Waals surface area contributed by atoms with Gasteiger partial charge < -0.3 is 14.8 Å². The van der Waals surface area contributed by atoms with Crippen LogP contribution in [0.3, 0.4) is 0 Å². The van der Waals surface area contributed by atoms with Gasteiger partial charge in [0.25, 0.3) is 0 Å². The maximum Gasteiger partial charge on any atom is 0.411 e. The van der Waals surface area contributed by atoms with Crippen molar-refractivity contribution in [3.05, 3.63) is 0 Å². The van der Waals surface area contributed by atoms with E-state index in [1.165, 1.54) is 0 Å². The summed E-state index contributed by atoms with van der Waals surface area (Å²) in [6.45, 7) is 3.23. The number of halogens is 3. The Morgan fingerprint density at radius 3 is 2.13 bits per heavy atom. The first-order valence-electron chi connectivity index (χ1n) is 4.99. The molecule has 3 nitrogen and oxygen atoms in total. The Balaban J connectivity index is 2.99. The maximum atomic E-state index is 11.6. The molecule has 0 saturated carbocycles. The summed E-state index contributed by atoms with van der Waals surface area (Å²) < 4.78 is 44.4. The van der Waals surface area contributed by atoms with E-state index in [2.05, 4.69) is 10.1 Å². The van der Waals surface area contributed by atoms with Crippen molar-refractivity contribution < 1.29 is 22.6 Å². The highest BCUT2D eigenvalue weighted by Crippen LogP contribution is 2.13. The van der Waals surface area contributed by atoms with Crippen LogP contribution in [0.4, 0.5) is 13.2 Å². The molecule has 0 rings (SSSR count). The second-order valence-electron chi connectivity index (χ2n) is 3.03. The van der Waals surface area contributed by atoms with Gasteiger partial charge in [-0.25, -0.2) is 0 Å². The fourth-order valence-electron chi connectivity index (χ4n) is 0.848. The first-order valence-corrected chi connectivity index (χ1v) is 4.99. The zero-order valence-corrected chi connectivity index (χ0v) is 8.90. The lowest BCUT2D eigenvalue weighted by Gasteiger charge is -2.08. The van der Waals surface area contributed by atoms with Crippen molar-refractivity contribution in [2.24, 2.45) is 0 Å². The van der Waals surface area contributed by atoms with Crippen molar-refractivity contribution in [1.82, 2.24) is 5.32 Å². The fourth-order valence-corrected chi connectivity index (χ4v) is 0.848. The van der Waals surface area contributed by atoms with Crippen LogP contribution in [-0.4, -0.2) is 45.7 Å². The average molecular weight is 229 g/mol. The standard InChI is InChI=1S/C9H18F3NO2/c1-2-5-14-6-3-13-4-7-15-8-9(10,11)12/h13H,2-8H2,1H3. The minimum absolute atomic E-state index is 0.0628. The third-order valence-corrected chi connectivity index (χ3v) is 1.46. The molecule has 0 aliphatic carbocycles. The van der Waals surface area contributed by atoms with E-state index in [9.17, 15) is 13.2 Å². The van der Waals surface area contributed by atoms with Crippen LogP contribution in [0, 0.1) is 0 Å². The van der Waals surface area contributed by atoms with E-state index in [1.54, 1.807) is 0 Å². The highest BCUT2D eigenvalue weighted by atomic mass is 19.4. The lowest BCUT2D eigenvalue weighted by molar-refractivity contribution is -0.173. The zero-order chi connectivity index (χ0) is 11.6. The molecule has 0 aromatic rings. The molecule has 0 aliphatic heterocycles. The van der Waals surface area contributed by atoms with Crippen molar-refractivity contribution in [1.29, 1.82) is 0 Å². The van der Waals surface area contributed by atoms with Crippen molar-refractivity contribution in [2.75, 3.05) is 39.5 Å². The number of ether oxygens (including phenoxy) is 2. The minimum atomic E-state index is -4.23. The molecule has 0 spiro atoms. The molecule has 0 fully saturated rings. The van der Waals surface area contributed by atoms with E-state index in [1.807, 2.05) is 6.92 Å². The first-order chi connectivity index (χ1) is 7.06. The Labute approximate surface area is 87.9 Å². The number of nitrogens with one attached hydrogen (secondary N) is 1. The van der Waals surface area contributed by atoms with E-state index < -0.39 is 12.8 Å². The first kappa shape index (κ1) is 14.7. The van der Waals surface area contributed by atoms with Crippen LogP contribution in [0.2, 0.25) is 0 Å². The lowest BCUT2D eigenvalue weighted by atomic mass is 10.5. The molecule has 6 heteroatoms. The monoisotopic (exact) mass is 229 g/mol. The SMILES string of the molecule is CCCOCCNCCOCC(F)(F)F. The molecule has 0 bridgehead atoms. The minimum Gasteiger partial charge on any atom is -0.380 e. The second kappa shape index (κ2) is 8.94. The molecule has 0 saturated heterocycles. The van der Waals surface area contributed by atoms with Crippen LogP contribution >= 0.6 is 0 Å². The van der Waals surface area contributed by atoms with Gasteiger partial charge >= 0.3 is 6.18 Å². The van der Waals surface area contributed by atoms with Crippen molar-refractivity contribution in [3.63, 3.8) is 0 Å². The number of hydrogen-bond donors (Lipinski definition) is 1. The van der Waals surface area contributed by atoms with Crippen LogP contribution in [0.15, 0.2) is 0 Å². The molecule has 0 aromatic heterocycles. The van der Waals surface area contributed by atoms with Crippen LogP contribution in [0.25, 0.3) is 0 Å². The molecule has 0 aromatic carbocycles. The predicted molar refractivity (Wildman–Crippen MR) is 50.9 cm³/mol. The molecule has 0 radical (unpaired) electrons. The van der Waals surface area contributed by atoms with Gasteiger partial charge in [-0.1, -0.05) is 6.92 Å². The molecule has 1 N–H and O–H groups in total. The number of alkyl halides is 3. The summed E-state index contributed by atoms with van der Waals surface area (Å²) in [5, 5.41) is 2.91. The molecule has 0 aliphatic rings. The normalized spacial score (nSPS) is 12.0. The molecule has 15 heavy (non-hydrogen) atoms. The summed E-state index contributed by atoms with van der Waals surface area (Å²) >= 11 is 0. The van der Waals surface area contributed by atoms with Gasteiger partial charge in [-0.3, -0.25) is 0 Å². The summed E-state index contributed by atoms with van der Waals surface area (Å²) in [5.41, 5.74) is 0. The van der Waals surface area contributed by atoms with E-state index in [4.69, 9.17) is 4.74 Å². The third kappa shape index (κ3) is 13.7. The number of hydrogen-bond acceptors (Lipinski definition) is 3. The molecular weight excluding hydrogens is 211 g/mol. The quantitative estimate of drug-likeness (QED) is 0.609. The molecule has 0 unspecified atom stereocenters. The summed E-state index contributed by atoms with van der Waals surface area (Å²) in [4.78, 5) is 0. The topological polar surface area (TPSA) is 30.5 Å². The Bertz CT molecular complexity index is 142. The molecule has 92 valence electrons. The summed E-state index contributed by atoms with van der Waals surface area (Å²) in [6, 6.07) is 0. The predicted octanol–water partition coefficient (Wildman–Crippen LogP) is 1.58. The van der Waals surface area contributed by atoms with E-state index in [0.717, 1.165) is 6.42 Å². The van der Waals surface area contributed by atoms with Gasteiger partial charge in [0.2, 0.25) is 0 Å². The van der Waals surface area contributed by atoms with Crippen LogP contribution in [0.5, 0.6) is 0 Å². The Morgan fingerprint density at radius 1 is 1.00 bits per heavy atom. The van der Waals surface area contributed by atoms with Crippen LogP contribution in [-0.2, 0) is 9.47 Å². The largest absolute Gasteiger partial charge is 0.411 e. The maximum absolute atomic E-state index is 11.6. The summed E-state index contributed by atoms with van der Waals surface area (Å²) in [5.74, 6) is 0. The van der Waals surface area contributed by atoms with Crippen molar-refractivity contribution in [3.8, 4) is 0 Å².